The van der Waals surface area contributed by atoms with Gasteiger partial charge in [0.2, 0.25) is 0 Å². The predicted molar refractivity (Wildman–Crippen MR) is 63.7 cm³/mol. The average molecular weight is 199 g/mol. The fourth-order valence-electron chi connectivity index (χ4n) is 2.22. The maximum absolute atomic E-state index is 5.23. The fourth-order valence-corrected chi connectivity index (χ4v) is 2.22. The molecule has 1 N–H and O–H groups in total. The number of hydrogen-bond donors (Lipinski definition) is 1. The van der Waals surface area contributed by atoms with Gasteiger partial charge >= 0.3 is 0 Å². The molecule has 1 aliphatic rings. The van der Waals surface area contributed by atoms with Crippen LogP contribution in [-0.4, -0.2) is 12.6 Å². The molecule has 1 heteroatoms. The second-order valence-corrected chi connectivity index (χ2v) is 4.12. The van der Waals surface area contributed by atoms with Gasteiger partial charge < -0.3 is 5.32 Å². The normalized spacial score (nSPS) is 19.3. The lowest BCUT2D eigenvalue weighted by Gasteiger charge is -2.25. The van der Waals surface area contributed by atoms with Gasteiger partial charge in [-0.05, 0) is 30.4 Å². The van der Waals surface area contributed by atoms with Crippen LogP contribution in [0.15, 0.2) is 24.3 Å². The van der Waals surface area contributed by atoms with E-state index >= 15 is 0 Å². The Morgan fingerprint density at radius 1 is 1.33 bits per heavy atom. The minimum Gasteiger partial charge on any atom is -0.313 e. The standard InChI is InChI=1S/C14H17N/c1-2-3-10-15-14-9-8-12-6-4-5-7-13(12)11-14/h1,4-7,14-15H,3,8-11H2. The number of fused-ring (bicyclic) bond motifs is 1. The van der Waals surface area contributed by atoms with Gasteiger partial charge in [0.15, 0.2) is 0 Å². The molecule has 1 nitrogen and oxygen atoms in total. The van der Waals surface area contributed by atoms with Crippen molar-refractivity contribution in [2.45, 2.75) is 31.7 Å². The summed E-state index contributed by atoms with van der Waals surface area (Å²) < 4.78 is 0. The van der Waals surface area contributed by atoms with Crippen LogP contribution in [0.3, 0.4) is 0 Å². The molecule has 0 heterocycles. The molecule has 0 spiro atoms. The Labute approximate surface area is 91.9 Å². The Morgan fingerprint density at radius 2 is 2.13 bits per heavy atom. The van der Waals surface area contributed by atoms with Crippen molar-refractivity contribution < 1.29 is 0 Å². The highest BCUT2D eigenvalue weighted by atomic mass is 14.9. The molecule has 0 saturated heterocycles. The summed E-state index contributed by atoms with van der Waals surface area (Å²) in [5.41, 5.74) is 3.02. The first-order valence-corrected chi connectivity index (χ1v) is 5.64. The van der Waals surface area contributed by atoms with Gasteiger partial charge in [-0.3, -0.25) is 0 Å². The Bertz CT molecular complexity index is 362. The highest BCUT2D eigenvalue weighted by molar-refractivity contribution is 5.30. The number of aryl methyl sites for hydroxylation is 1. The molecule has 1 unspecified atom stereocenters. The number of nitrogens with one attached hydrogen (secondary N) is 1. The second-order valence-electron chi connectivity index (χ2n) is 4.12. The Hall–Kier alpha value is -1.26. The monoisotopic (exact) mass is 199 g/mol. The van der Waals surface area contributed by atoms with Crippen molar-refractivity contribution in [3.05, 3.63) is 35.4 Å². The van der Waals surface area contributed by atoms with E-state index in [9.17, 15) is 0 Å². The van der Waals surface area contributed by atoms with E-state index in [4.69, 9.17) is 6.42 Å². The van der Waals surface area contributed by atoms with Crippen molar-refractivity contribution in [3.63, 3.8) is 0 Å². The summed E-state index contributed by atoms with van der Waals surface area (Å²) in [6.45, 7) is 0.948. The first-order chi connectivity index (χ1) is 7.40. The van der Waals surface area contributed by atoms with Gasteiger partial charge in [0.1, 0.15) is 0 Å². The van der Waals surface area contributed by atoms with Crippen LogP contribution in [0.4, 0.5) is 0 Å². The molecule has 1 aromatic carbocycles. The second kappa shape index (κ2) is 5.00. The molecule has 0 radical (unpaired) electrons. The SMILES string of the molecule is C#CCCNC1CCc2ccccc2C1. The van der Waals surface area contributed by atoms with Gasteiger partial charge in [0.05, 0.1) is 0 Å². The van der Waals surface area contributed by atoms with E-state index in [-0.39, 0.29) is 0 Å². The quantitative estimate of drug-likeness (QED) is 0.581. The van der Waals surface area contributed by atoms with Crippen LogP contribution < -0.4 is 5.32 Å². The zero-order valence-electron chi connectivity index (χ0n) is 9.00. The Morgan fingerprint density at radius 3 is 2.93 bits per heavy atom. The first kappa shape index (κ1) is 10.3. The summed E-state index contributed by atoms with van der Waals surface area (Å²) in [7, 11) is 0. The molecule has 0 bridgehead atoms. The largest absolute Gasteiger partial charge is 0.313 e. The summed E-state index contributed by atoms with van der Waals surface area (Å²) in [5.74, 6) is 2.66. The van der Waals surface area contributed by atoms with Crippen LogP contribution in [0, 0.1) is 12.3 Å². The lowest BCUT2D eigenvalue weighted by molar-refractivity contribution is 0.464. The molecule has 1 aromatic rings. The smallest absolute Gasteiger partial charge is 0.0212 e. The first-order valence-electron chi connectivity index (χ1n) is 5.64. The fraction of sp³-hybridized carbons (Fsp3) is 0.429. The van der Waals surface area contributed by atoms with Gasteiger partial charge in [-0.25, -0.2) is 0 Å². The molecule has 1 aliphatic carbocycles. The minimum atomic E-state index is 0.619. The molecule has 0 saturated carbocycles. The topological polar surface area (TPSA) is 12.0 Å². The molecule has 0 fully saturated rings. The van der Waals surface area contributed by atoms with Crippen LogP contribution >= 0.6 is 0 Å². The van der Waals surface area contributed by atoms with Crippen molar-refractivity contribution in [1.82, 2.24) is 5.32 Å². The molecule has 0 aromatic heterocycles. The van der Waals surface area contributed by atoms with Crippen LogP contribution in [0.2, 0.25) is 0 Å². The van der Waals surface area contributed by atoms with Gasteiger partial charge in [0.25, 0.3) is 0 Å². The number of terminal acetylenes is 1. The Kier molecular flexibility index (Phi) is 3.42. The molecular weight excluding hydrogens is 182 g/mol. The summed E-state index contributed by atoms with van der Waals surface area (Å²) in [6.07, 6.45) is 9.65. The van der Waals surface area contributed by atoms with Crippen molar-refractivity contribution in [2.75, 3.05) is 6.54 Å². The van der Waals surface area contributed by atoms with Crippen LogP contribution in [0.5, 0.6) is 0 Å². The van der Waals surface area contributed by atoms with Crippen LogP contribution in [0.1, 0.15) is 24.0 Å². The predicted octanol–water partition coefficient (Wildman–Crippen LogP) is 2.16. The van der Waals surface area contributed by atoms with Crippen LogP contribution in [-0.2, 0) is 12.8 Å². The van der Waals surface area contributed by atoms with E-state index < -0.39 is 0 Å². The third-order valence-electron chi connectivity index (χ3n) is 3.05. The third-order valence-corrected chi connectivity index (χ3v) is 3.05. The van der Waals surface area contributed by atoms with E-state index in [1.54, 1.807) is 0 Å². The minimum absolute atomic E-state index is 0.619. The van der Waals surface area contributed by atoms with E-state index in [2.05, 4.69) is 35.5 Å². The maximum atomic E-state index is 5.23. The van der Waals surface area contributed by atoms with Crippen molar-refractivity contribution >= 4 is 0 Å². The number of benzene rings is 1. The summed E-state index contributed by atoms with van der Waals surface area (Å²) in [5, 5.41) is 3.52. The molecular formula is C14H17N. The third kappa shape index (κ3) is 2.61. The van der Waals surface area contributed by atoms with Crippen molar-refractivity contribution in [3.8, 4) is 12.3 Å². The summed E-state index contributed by atoms with van der Waals surface area (Å²) in [4.78, 5) is 0. The molecule has 78 valence electrons. The number of hydrogen-bond acceptors (Lipinski definition) is 1. The lowest BCUT2D eigenvalue weighted by atomic mass is 9.88. The van der Waals surface area contributed by atoms with Crippen molar-refractivity contribution in [2.24, 2.45) is 0 Å². The molecule has 2 rings (SSSR count). The molecule has 1 atom stereocenters. The van der Waals surface area contributed by atoms with Gasteiger partial charge in [-0.1, -0.05) is 24.3 Å². The van der Waals surface area contributed by atoms with E-state index in [1.807, 2.05) is 0 Å². The lowest BCUT2D eigenvalue weighted by Crippen LogP contribution is -2.35. The van der Waals surface area contributed by atoms with Gasteiger partial charge in [-0.15, -0.1) is 12.3 Å². The van der Waals surface area contributed by atoms with Crippen LogP contribution in [0.25, 0.3) is 0 Å². The summed E-state index contributed by atoms with van der Waals surface area (Å²) >= 11 is 0. The Balaban J connectivity index is 1.92. The zero-order valence-corrected chi connectivity index (χ0v) is 9.00. The highest BCUT2D eigenvalue weighted by Crippen LogP contribution is 2.20. The van der Waals surface area contributed by atoms with Gasteiger partial charge in [0, 0.05) is 19.0 Å². The average Bonchev–Trinajstić information content (AvgIpc) is 2.29. The summed E-state index contributed by atoms with van der Waals surface area (Å²) in [6, 6.07) is 9.36. The van der Waals surface area contributed by atoms with E-state index in [0.29, 0.717) is 6.04 Å². The van der Waals surface area contributed by atoms with Crippen molar-refractivity contribution in [1.29, 1.82) is 0 Å². The zero-order chi connectivity index (χ0) is 10.5. The highest BCUT2D eigenvalue weighted by Gasteiger charge is 2.16. The maximum Gasteiger partial charge on any atom is 0.0212 e. The molecule has 0 aliphatic heterocycles. The van der Waals surface area contributed by atoms with E-state index in [0.717, 1.165) is 19.4 Å². The molecule has 15 heavy (non-hydrogen) atoms. The van der Waals surface area contributed by atoms with Gasteiger partial charge in [-0.2, -0.15) is 0 Å². The number of rotatable bonds is 3. The molecule has 0 amide bonds. The van der Waals surface area contributed by atoms with E-state index in [1.165, 1.54) is 24.0 Å².